The molecule has 1 heterocycles. The lowest BCUT2D eigenvalue weighted by Gasteiger charge is -2.11. The van der Waals surface area contributed by atoms with Gasteiger partial charge in [0.25, 0.3) is 5.91 Å². The van der Waals surface area contributed by atoms with Gasteiger partial charge in [-0.2, -0.15) is 18.3 Å². The topological polar surface area (TPSA) is 56.2 Å². The van der Waals surface area contributed by atoms with Gasteiger partial charge in [-0.25, -0.2) is 8.78 Å². The molecule has 0 spiro atoms. The van der Waals surface area contributed by atoms with Crippen molar-refractivity contribution in [2.75, 3.05) is 5.32 Å². The molecule has 0 radical (unpaired) electrons. The Bertz CT molecular complexity index is 1450. The van der Waals surface area contributed by atoms with E-state index in [-0.39, 0.29) is 18.9 Å². The molecule has 0 aliphatic heterocycles. The molecule has 0 atom stereocenters. The Kier molecular flexibility index (Phi) is 7.28. The van der Waals surface area contributed by atoms with Crippen molar-refractivity contribution < 1.29 is 31.5 Å². The van der Waals surface area contributed by atoms with Crippen LogP contribution in [0.1, 0.15) is 38.4 Å². The standard InChI is InChI=1S/C27H22F5N3O2/c1-16-25(17(2)35(34-16)14-18-5-4-8-21(12-18)27(30,31)32)33-26(36)20-7-3-6-19(11-20)15-37-24-10-9-22(28)13-23(24)29/h3-13H,14-15H2,1-2H3,(H,33,36). The molecule has 4 aromatic rings. The molecule has 3 aromatic carbocycles. The van der Waals surface area contributed by atoms with E-state index in [1.165, 1.54) is 16.8 Å². The monoisotopic (exact) mass is 515 g/mol. The quantitative estimate of drug-likeness (QED) is 0.280. The first-order valence-corrected chi connectivity index (χ1v) is 11.2. The Hall–Kier alpha value is -4.21. The highest BCUT2D eigenvalue weighted by Gasteiger charge is 2.30. The van der Waals surface area contributed by atoms with Crippen LogP contribution in [-0.2, 0) is 19.3 Å². The van der Waals surface area contributed by atoms with Crippen molar-refractivity contribution in [1.82, 2.24) is 9.78 Å². The summed E-state index contributed by atoms with van der Waals surface area (Å²) in [6.45, 7) is 3.45. The van der Waals surface area contributed by atoms with Gasteiger partial charge in [0.15, 0.2) is 11.6 Å². The number of rotatable bonds is 7. The average Bonchev–Trinajstić information content (AvgIpc) is 3.10. The van der Waals surface area contributed by atoms with Gasteiger partial charge in [-0.15, -0.1) is 0 Å². The molecule has 10 heteroatoms. The number of nitrogens with zero attached hydrogens (tertiary/aromatic N) is 2. The van der Waals surface area contributed by atoms with E-state index in [0.29, 0.717) is 33.8 Å². The lowest BCUT2D eigenvalue weighted by atomic mass is 10.1. The van der Waals surface area contributed by atoms with Crippen LogP contribution in [0.3, 0.4) is 0 Å². The van der Waals surface area contributed by atoms with Gasteiger partial charge >= 0.3 is 6.18 Å². The van der Waals surface area contributed by atoms with Crippen LogP contribution in [0.25, 0.3) is 0 Å². The largest absolute Gasteiger partial charge is 0.486 e. The number of halogens is 5. The first-order chi connectivity index (χ1) is 17.5. The van der Waals surface area contributed by atoms with Gasteiger partial charge in [0.1, 0.15) is 12.4 Å². The van der Waals surface area contributed by atoms with Gasteiger partial charge < -0.3 is 10.1 Å². The summed E-state index contributed by atoms with van der Waals surface area (Å²) in [5.74, 6) is -2.09. The number of anilines is 1. The van der Waals surface area contributed by atoms with E-state index >= 15 is 0 Å². The van der Waals surface area contributed by atoms with Crippen LogP contribution in [0, 0.1) is 25.5 Å². The number of aryl methyl sites for hydroxylation is 1. The van der Waals surface area contributed by atoms with E-state index in [0.717, 1.165) is 24.3 Å². The fourth-order valence-electron chi connectivity index (χ4n) is 3.79. The Morgan fingerprint density at radius 2 is 1.70 bits per heavy atom. The molecule has 37 heavy (non-hydrogen) atoms. The average molecular weight is 515 g/mol. The smallest absolute Gasteiger partial charge is 0.416 e. The predicted molar refractivity (Wildman–Crippen MR) is 127 cm³/mol. The van der Waals surface area contributed by atoms with Crippen LogP contribution in [0.4, 0.5) is 27.6 Å². The van der Waals surface area contributed by atoms with Crippen molar-refractivity contribution in [1.29, 1.82) is 0 Å². The van der Waals surface area contributed by atoms with Crippen LogP contribution in [0.5, 0.6) is 5.75 Å². The highest BCUT2D eigenvalue weighted by atomic mass is 19.4. The zero-order valence-corrected chi connectivity index (χ0v) is 19.9. The zero-order valence-electron chi connectivity index (χ0n) is 19.9. The third kappa shape index (κ3) is 6.14. The molecule has 0 bridgehead atoms. The second-order valence-corrected chi connectivity index (χ2v) is 8.42. The number of alkyl halides is 3. The molecule has 1 amide bonds. The number of ether oxygens (including phenoxy) is 1. The van der Waals surface area contributed by atoms with Crippen molar-refractivity contribution in [3.05, 3.63) is 112 Å². The number of benzene rings is 3. The van der Waals surface area contributed by atoms with Crippen molar-refractivity contribution in [3.8, 4) is 5.75 Å². The van der Waals surface area contributed by atoms with Crippen molar-refractivity contribution in [2.24, 2.45) is 0 Å². The van der Waals surface area contributed by atoms with Crippen LogP contribution in [0.2, 0.25) is 0 Å². The van der Waals surface area contributed by atoms with Crippen molar-refractivity contribution in [2.45, 2.75) is 33.2 Å². The van der Waals surface area contributed by atoms with Crippen LogP contribution >= 0.6 is 0 Å². The lowest BCUT2D eigenvalue weighted by Crippen LogP contribution is -2.14. The highest BCUT2D eigenvalue weighted by molar-refractivity contribution is 6.05. The number of amides is 1. The highest BCUT2D eigenvalue weighted by Crippen LogP contribution is 2.30. The number of carbonyl (C=O) groups is 1. The summed E-state index contributed by atoms with van der Waals surface area (Å²) in [7, 11) is 0. The molecular formula is C27H22F5N3O2. The van der Waals surface area contributed by atoms with Gasteiger partial charge in [0.05, 0.1) is 29.2 Å². The van der Waals surface area contributed by atoms with E-state index < -0.39 is 29.3 Å². The fraction of sp³-hybridized carbons (Fsp3) is 0.185. The maximum atomic E-state index is 13.8. The molecule has 0 fully saturated rings. The van der Waals surface area contributed by atoms with Gasteiger partial charge in [-0.1, -0.05) is 24.3 Å². The van der Waals surface area contributed by atoms with Crippen molar-refractivity contribution >= 4 is 11.6 Å². The molecular weight excluding hydrogens is 493 g/mol. The van der Waals surface area contributed by atoms with Crippen LogP contribution < -0.4 is 10.1 Å². The van der Waals surface area contributed by atoms with E-state index in [1.807, 2.05) is 0 Å². The summed E-state index contributed by atoms with van der Waals surface area (Å²) in [6.07, 6.45) is -4.45. The maximum Gasteiger partial charge on any atom is 0.416 e. The minimum absolute atomic E-state index is 0.0450. The molecule has 5 nitrogen and oxygen atoms in total. The third-order valence-corrected chi connectivity index (χ3v) is 5.68. The normalized spacial score (nSPS) is 11.4. The van der Waals surface area contributed by atoms with Crippen LogP contribution in [0.15, 0.2) is 66.7 Å². The third-order valence-electron chi connectivity index (χ3n) is 5.68. The van der Waals surface area contributed by atoms with E-state index in [4.69, 9.17) is 4.74 Å². The van der Waals surface area contributed by atoms with E-state index in [1.54, 1.807) is 44.2 Å². The van der Waals surface area contributed by atoms with Gasteiger partial charge in [0, 0.05) is 11.6 Å². The molecule has 1 aromatic heterocycles. The molecule has 0 aliphatic rings. The Morgan fingerprint density at radius 3 is 2.43 bits per heavy atom. The predicted octanol–water partition coefficient (Wildman–Crippen LogP) is 6.68. The maximum absolute atomic E-state index is 13.8. The first-order valence-electron chi connectivity index (χ1n) is 11.2. The van der Waals surface area contributed by atoms with Crippen molar-refractivity contribution in [3.63, 3.8) is 0 Å². The number of aromatic nitrogens is 2. The molecule has 0 unspecified atom stereocenters. The summed E-state index contributed by atoms with van der Waals surface area (Å²) >= 11 is 0. The fourth-order valence-corrected chi connectivity index (χ4v) is 3.79. The summed E-state index contributed by atoms with van der Waals surface area (Å²) in [5.41, 5.74) is 2.11. The summed E-state index contributed by atoms with van der Waals surface area (Å²) in [4.78, 5) is 12.9. The van der Waals surface area contributed by atoms with Gasteiger partial charge in [-0.3, -0.25) is 9.48 Å². The zero-order chi connectivity index (χ0) is 26.7. The van der Waals surface area contributed by atoms with Gasteiger partial charge in [-0.05, 0) is 61.4 Å². The summed E-state index contributed by atoms with van der Waals surface area (Å²) in [5, 5.41) is 7.19. The summed E-state index contributed by atoms with van der Waals surface area (Å²) in [6, 6.07) is 14.5. The number of nitrogens with one attached hydrogen (secondary N) is 1. The Morgan fingerprint density at radius 1 is 0.973 bits per heavy atom. The molecule has 0 aliphatic carbocycles. The first kappa shape index (κ1) is 25.9. The Balaban J connectivity index is 1.46. The SMILES string of the molecule is Cc1nn(Cc2cccc(C(F)(F)F)c2)c(C)c1NC(=O)c1cccc(COc2ccc(F)cc2F)c1. The molecule has 1 N–H and O–H groups in total. The Labute approximate surface area is 209 Å². The van der Waals surface area contributed by atoms with E-state index in [2.05, 4.69) is 10.4 Å². The number of carbonyl (C=O) groups excluding carboxylic acids is 1. The molecule has 0 saturated heterocycles. The molecule has 192 valence electrons. The van der Waals surface area contributed by atoms with Crippen LogP contribution in [-0.4, -0.2) is 15.7 Å². The minimum atomic E-state index is -4.45. The number of hydrogen-bond donors (Lipinski definition) is 1. The second kappa shape index (κ2) is 10.4. The minimum Gasteiger partial charge on any atom is -0.486 e. The lowest BCUT2D eigenvalue weighted by molar-refractivity contribution is -0.137. The second-order valence-electron chi connectivity index (χ2n) is 8.42. The summed E-state index contributed by atoms with van der Waals surface area (Å²) < 4.78 is 72.9. The number of hydrogen-bond acceptors (Lipinski definition) is 3. The molecule has 4 rings (SSSR count). The molecule has 0 saturated carbocycles. The van der Waals surface area contributed by atoms with Gasteiger partial charge in [0.2, 0.25) is 0 Å². The van der Waals surface area contributed by atoms with E-state index in [9.17, 15) is 26.7 Å².